The SMILES string of the molecule is CC(Cc1ccc(OCCOCCc2ccccc2)cc1)N1CCOC(c2csc(Cl)n2)C1. The summed E-state index contributed by atoms with van der Waals surface area (Å²) >= 11 is 7.45. The van der Waals surface area contributed by atoms with Crippen LogP contribution in [0.5, 0.6) is 5.75 Å². The molecule has 2 aromatic carbocycles. The summed E-state index contributed by atoms with van der Waals surface area (Å²) < 4.78 is 18.0. The third kappa shape index (κ3) is 7.52. The van der Waals surface area contributed by atoms with Gasteiger partial charge in [-0.15, -0.1) is 11.3 Å². The van der Waals surface area contributed by atoms with Crippen LogP contribution in [0, 0.1) is 0 Å². The molecule has 0 N–H and O–H groups in total. The Hall–Kier alpha value is -1.96. The van der Waals surface area contributed by atoms with Crippen molar-refractivity contribution >= 4 is 22.9 Å². The number of ether oxygens (including phenoxy) is 3. The van der Waals surface area contributed by atoms with E-state index in [4.69, 9.17) is 25.8 Å². The monoisotopic (exact) mass is 486 g/mol. The molecule has 1 aromatic heterocycles. The average Bonchev–Trinajstić information content (AvgIpc) is 3.29. The second-order valence-electron chi connectivity index (χ2n) is 8.27. The van der Waals surface area contributed by atoms with Crippen molar-refractivity contribution in [3.8, 4) is 5.75 Å². The molecule has 4 rings (SSSR count). The number of aromatic nitrogens is 1. The molecule has 1 aliphatic heterocycles. The van der Waals surface area contributed by atoms with Gasteiger partial charge in [-0.25, -0.2) is 4.98 Å². The van der Waals surface area contributed by atoms with E-state index >= 15 is 0 Å². The lowest BCUT2D eigenvalue weighted by Crippen LogP contribution is -2.44. The number of hydrogen-bond donors (Lipinski definition) is 0. The van der Waals surface area contributed by atoms with Gasteiger partial charge in [0.05, 0.1) is 25.5 Å². The zero-order chi connectivity index (χ0) is 22.9. The van der Waals surface area contributed by atoms with Gasteiger partial charge in [0.1, 0.15) is 18.5 Å². The number of thiazole rings is 1. The first-order chi connectivity index (χ1) is 16.2. The van der Waals surface area contributed by atoms with E-state index in [0.29, 0.717) is 36.9 Å². The van der Waals surface area contributed by atoms with Gasteiger partial charge in [0.25, 0.3) is 0 Å². The van der Waals surface area contributed by atoms with Gasteiger partial charge in [-0.1, -0.05) is 54.1 Å². The highest BCUT2D eigenvalue weighted by Crippen LogP contribution is 2.27. The molecule has 2 unspecified atom stereocenters. The van der Waals surface area contributed by atoms with Gasteiger partial charge in [-0.05, 0) is 43.0 Å². The lowest BCUT2D eigenvalue weighted by atomic mass is 10.0. The molecule has 1 aliphatic rings. The van der Waals surface area contributed by atoms with Gasteiger partial charge in [0, 0.05) is 24.5 Å². The van der Waals surface area contributed by atoms with Crippen molar-refractivity contribution in [2.45, 2.75) is 31.9 Å². The lowest BCUT2D eigenvalue weighted by molar-refractivity contribution is -0.0441. The van der Waals surface area contributed by atoms with Crippen molar-refractivity contribution in [2.24, 2.45) is 0 Å². The minimum Gasteiger partial charge on any atom is -0.491 e. The molecule has 5 nitrogen and oxygen atoms in total. The fourth-order valence-corrected chi connectivity index (χ4v) is 4.82. The van der Waals surface area contributed by atoms with Gasteiger partial charge in [0.2, 0.25) is 0 Å². The number of halogens is 1. The molecule has 0 bridgehead atoms. The van der Waals surface area contributed by atoms with E-state index in [0.717, 1.165) is 37.4 Å². The largest absolute Gasteiger partial charge is 0.491 e. The summed E-state index contributed by atoms with van der Waals surface area (Å²) in [6, 6.07) is 19.2. The first-order valence-corrected chi connectivity index (χ1v) is 12.7. The smallest absolute Gasteiger partial charge is 0.183 e. The second kappa shape index (κ2) is 12.5. The van der Waals surface area contributed by atoms with E-state index in [1.54, 1.807) is 0 Å². The number of hydrogen-bond acceptors (Lipinski definition) is 6. The minimum absolute atomic E-state index is 0.00404. The topological polar surface area (TPSA) is 43.8 Å². The van der Waals surface area contributed by atoms with Crippen molar-refractivity contribution in [1.29, 1.82) is 0 Å². The van der Waals surface area contributed by atoms with Crippen LogP contribution in [-0.4, -0.2) is 55.4 Å². The summed E-state index contributed by atoms with van der Waals surface area (Å²) in [5.41, 5.74) is 3.53. The Kier molecular flexibility index (Phi) is 9.15. The van der Waals surface area contributed by atoms with Crippen LogP contribution in [0.25, 0.3) is 0 Å². The maximum absolute atomic E-state index is 6.00. The molecule has 0 spiro atoms. The molecule has 1 saturated heterocycles. The number of rotatable bonds is 11. The van der Waals surface area contributed by atoms with Crippen LogP contribution >= 0.6 is 22.9 Å². The number of nitrogens with zero attached hydrogens (tertiary/aromatic N) is 2. The molecule has 1 fully saturated rings. The quantitative estimate of drug-likeness (QED) is 0.338. The summed E-state index contributed by atoms with van der Waals surface area (Å²) in [6.45, 7) is 6.61. The Balaban J connectivity index is 1.16. The summed E-state index contributed by atoms with van der Waals surface area (Å²) in [5, 5.41) is 1.99. The van der Waals surface area contributed by atoms with E-state index in [1.165, 1.54) is 22.5 Å². The highest BCUT2D eigenvalue weighted by Gasteiger charge is 2.27. The van der Waals surface area contributed by atoms with E-state index in [9.17, 15) is 0 Å². The molecular weight excluding hydrogens is 456 g/mol. The third-order valence-electron chi connectivity index (χ3n) is 5.87. The zero-order valence-corrected chi connectivity index (χ0v) is 20.6. The van der Waals surface area contributed by atoms with Crippen molar-refractivity contribution in [3.05, 3.63) is 81.3 Å². The molecular formula is C26H31ClN2O3S. The Morgan fingerprint density at radius 3 is 2.67 bits per heavy atom. The zero-order valence-electron chi connectivity index (χ0n) is 19.0. The van der Waals surface area contributed by atoms with Gasteiger partial charge in [-0.3, -0.25) is 4.90 Å². The van der Waals surface area contributed by atoms with Gasteiger partial charge in [-0.2, -0.15) is 0 Å². The predicted octanol–water partition coefficient (Wildman–Crippen LogP) is 5.44. The van der Waals surface area contributed by atoms with Gasteiger partial charge in [0.15, 0.2) is 4.47 Å². The molecule has 7 heteroatoms. The van der Waals surface area contributed by atoms with Crippen molar-refractivity contribution < 1.29 is 14.2 Å². The van der Waals surface area contributed by atoms with E-state index in [1.807, 2.05) is 23.6 Å². The van der Waals surface area contributed by atoms with Crippen molar-refractivity contribution in [3.63, 3.8) is 0 Å². The molecule has 0 radical (unpaired) electrons. The molecule has 2 heterocycles. The van der Waals surface area contributed by atoms with Crippen LogP contribution in [0.15, 0.2) is 60.0 Å². The van der Waals surface area contributed by atoms with Crippen molar-refractivity contribution in [1.82, 2.24) is 9.88 Å². The molecule has 33 heavy (non-hydrogen) atoms. The first-order valence-electron chi connectivity index (χ1n) is 11.5. The Labute approximate surface area is 205 Å². The standard InChI is InChI=1S/C26H31ClN2O3S/c1-20(29-12-14-32-25(18-29)24-19-33-26(27)28-24)17-22-7-9-23(10-8-22)31-16-15-30-13-11-21-5-3-2-4-6-21/h2-10,19-20,25H,11-18H2,1H3. The summed E-state index contributed by atoms with van der Waals surface area (Å²) in [7, 11) is 0. The van der Waals surface area contributed by atoms with Crippen LogP contribution in [0.3, 0.4) is 0 Å². The molecule has 3 aromatic rings. The molecule has 176 valence electrons. The normalized spacial score (nSPS) is 17.7. The number of morpholine rings is 1. The Morgan fingerprint density at radius 2 is 1.91 bits per heavy atom. The van der Waals surface area contributed by atoms with E-state index in [-0.39, 0.29) is 6.10 Å². The lowest BCUT2D eigenvalue weighted by Gasteiger charge is -2.36. The van der Waals surface area contributed by atoms with Gasteiger partial charge < -0.3 is 14.2 Å². The third-order valence-corrected chi connectivity index (χ3v) is 6.87. The van der Waals surface area contributed by atoms with Crippen LogP contribution in [0.1, 0.15) is 29.8 Å². The maximum Gasteiger partial charge on any atom is 0.183 e. The maximum atomic E-state index is 6.00. The Morgan fingerprint density at radius 1 is 1.09 bits per heavy atom. The minimum atomic E-state index is -0.00404. The summed E-state index contributed by atoms with van der Waals surface area (Å²) in [6.07, 6.45) is 1.90. The Bertz CT molecular complexity index is 967. The van der Waals surface area contributed by atoms with Crippen LogP contribution < -0.4 is 4.74 Å². The molecule has 0 amide bonds. The van der Waals surface area contributed by atoms with Crippen molar-refractivity contribution in [2.75, 3.05) is 39.5 Å². The fraction of sp³-hybridized carbons (Fsp3) is 0.423. The highest BCUT2D eigenvalue weighted by molar-refractivity contribution is 7.13. The fourth-order valence-electron chi connectivity index (χ4n) is 4.01. The van der Waals surface area contributed by atoms with Crippen LogP contribution in [0.4, 0.5) is 0 Å². The molecule has 0 aliphatic carbocycles. The van der Waals surface area contributed by atoms with Gasteiger partial charge >= 0.3 is 0 Å². The van der Waals surface area contributed by atoms with E-state index < -0.39 is 0 Å². The predicted molar refractivity (Wildman–Crippen MR) is 133 cm³/mol. The number of benzene rings is 2. The summed E-state index contributed by atoms with van der Waals surface area (Å²) in [5.74, 6) is 0.880. The van der Waals surface area contributed by atoms with Crippen LogP contribution in [-0.2, 0) is 22.3 Å². The molecule has 0 saturated carbocycles. The highest BCUT2D eigenvalue weighted by atomic mass is 35.5. The average molecular weight is 487 g/mol. The second-order valence-corrected chi connectivity index (χ2v) is 9.71. The van der Waals surface area contributed by atoms with E-state index in [2.05, 4.69) is 53.2 Å². The first kappa shape index (κ1) is 24.2. The summed E-state index contributed by atoms with van der Waals surface area (Å²) in [4.78, 5) is 6.86. The molecule has 2 atom stereocenters. The van der Waals surface area contributed by atoms with Crippen LogP contribution in [0.2, 0.25) is 4.47 Å².